The van der Waals surface area contributed by atoms with Gasteiger partial charge in [-0.2, -0.15) is 0 Å². The molecule has 0 unspecified atom stereocenters. The lowest BCUT2D eigenvalue weighted by Gasteiger charge is -2.19. The highest BCUT2D eigenvalue weighted by Gasteiger charge is 2.15. The molecule has 2 aromatic heterocycles. The number of nitrogens with one attached hydrogen (secondary N) is 1. The quantitative estimate of drug-likeness (QED) is 0.855. The average Bonchev–Trinajstić information content (AvgIpc) is 2.91. The van der Waals surface area contributed by atoms with Gasteiger partial charge in [0.25, 0.3) is 5.88 Å². The molecular weight excluding hydrogens is 286 g/mol. The number of hydrogen-bond acceptors (Lipinski definition) is 6. The van der Waals surface area contributed by atoms with E-state index in [1.807, 2.05) is 12.1 Å². The third kappa shape index (κ3) is 5.08. The Balaban J connectivity index is 1.74. The number of rotatable bonds is 5. The van der Waals surface area contributed by atoms with E-state index in [0.717, 1.165) is 5.56 Å². The molecule has 7 heteroatoms. The van der Waals surface area contributed by atoms with E-state index >= 15 is 0 Å². The predicted octanol–water partition coefficient (Wildman–Crippen LogP) is 2.64. The smallest absolute Gasteiger partial charge is 0.407 e. The summed E-state index contributed by atoms with van der Waals surface area (Å²) in [7, 11) is 0. The summed E-state index contributed by atoms with van der Waals surface area (Å²) in [6.07, 6.45) is 2.88. The molecule has 0 aromatic carbocycles. The van der Waals surface area contributed by atoms with Crippen molar-refractivity contribution in [2.24, 2.45) is 0 Å². The van der Waals surface area contributed by atoms with E-state index in [0.29, 0.717) is 18.2 Å². The number of carbonyl (C=O) groups excluding carboxylic acids is 1. The summed E-state index contributed by atoms with van der Waals surface area (Å²) in [6.45, 7) is 5.98. The number of ether oxygens (including phenoxy) is 2. The molecule has 0 aliphatic rings. The molecule has 0 aliphatic heterocycles. The Bertz CT molecular complexity index is 605. The van der Waals surface area contributed by atoms with E-state index < -0.39 is 11.7 Å². The van der Waals surface area contributed by atoms with Crippen molar-refractivity contribution < 1.29 is 18.8 Å². The summed E-state index contributed by atoms with van der Waals surface area (Å²) >= 11 is 0. The van der Waals surface area contributed by atoms with E-state index in [2.05, 4.69) is 15.5 Å². The van der Waals surface area contributed by atoms with Gasteiger partial charge in [-0.15, -0.1) is 0 Å². The monoisotopic (exact) mass is 305 g/mol. The molecule has 0 saturated carbocycles. The van der Waals surface area contributed by atoms with E-state index in [1.54, 1.807) is 39.2 Å². The highest BCUT2D eigenvalue weighted by Crippen LogP contribution is 2.22. The van der Waals surface area contributed by atoms with Crippen LogP contribution in [0.25, 0.3) is 11.3 Å². The second kappa shape index (κ2) is 6.93. The fourth-order valence-electron chi connectivity index (χ4n) is 1.59. The number of amides is 1. The highest BCUT2D eigenvalue weighted by atomic mass is 16.6. The molecule has 2 heterocycles. The zero-order valence-electron chi connectivity index (χ0n) is 12.8. The van der Waals surface area contributed by atoms with Crippen LogP contribution in [-0.4, -0.2) is 35.0 Å². The summed E-state index contributed by atoms with van der Waals surface area (Å²) < 4.78 is 15.7. The lowest BCUT2D eigenvalue weighted by atomic mass is 10.2. The molecule has 7 nitrogen and oxygen atoms in total. The minimum absolute atomic E-state index is 0.262. The van der Waals surface area contributed by atoms with Gasteiger partial charge in [0.15, 0.2) is 5.76 Å². The van der Waals surface area contributed by atoms with E-state index in [-0.39, 0.29) is 6.61 Å². The molecule has 22 heavy (non-hydrogen) atoms. The Hall–Kier alpha value is -2.57. The summed E-state index contributed by atoms with van der Waals surface area (Å²) in [5.41, 5.74) is 0.298. The molecule has 0 atom stereocenters. The van der Waals surface area contributed by atoms with Crippen molar-refractivity contribution in [2.45, 2.75) is 26.4 Å². The number of pyridine rings is 1. The molecule has 0 saturated heterocycles. The topological polar surface area (TPSA) is 86.5 Å². The van der Waals surface area contributed by atoms with E-state index in [1.165, 1.54) is 0 Å². The van der Waals surface area contributed by atoms with Gasteiger partial charge in [0.1, 0.15) is 12.2 Å². The van der Waals surface area contributed by atoms with Crippen molar-refractivity contribution in [1.29, 1.82) is 0 Å². The van der Waals surface area contributed by atoms with Crippen LogP contribution in [0.15, 0.2) is 35.1 Å². The summed E-state index contributed by atoms with van der Waals surface area (Å²) in [4.78, 5) is 15.4. The predicted molar refractivity (Wildman–Crippen MR) is 79.5 cm³/mol. The Morgan fingerprint density at radius 1 is 1.41 bits per heavy atom. The number of alkyl carbamates (subject to hydrolysis) is 1. The first kappa shape index (κ1) is 15.8. The SMILES string of the molecule is CC(C)(C)OC(=O)NCCOc1cc(-c2cccnc2)on1. The number of carbonyl (C=O) groups is 1. The van der Waals surface area contributed by atoms with Crippen molar-refractivity contribution >= 4 is 6.09 Å². The zero-order chi connectivity index (χ0) is 16.0. The van der Waals surface area contributed by atoms with Crippen LogP contribution in [0.2, 0.25) is 0 Å². The maximum atomic E-state index is 11.4. The number of hydrogen-bond donors (Lipinski definition) is 1. The third-order valence-electron chi connectivity index (χ3n) is 2.45. The lowest BCUT2D eigenvalue weighted by Crippen LogP contribution is -2.34. The second-order valence-corrected chi connectivity index (χ2v) is 5.55. The molecule has 1 N–H and O–H groups in total. The van der Waals surface area contributed by atoms with Crippen LogP contribution in [0.5, 0.6) is 5.88 Å². The second-order valence-electron chi connectivity index (χ2n) is 5.55. The molecular formula is C15H19N3O4. The van der Waals surface area contributed by atoms with Gasteiger partial charge in [-0.1, -0.05) is 0 Å². The van der Waals surface area contributed by atoms with Crippen LogP contribution in [0, 0.1) is 0 Å². The van der Waals surface area contributed by atoms with Gasteiger partial charge in [-0.3, -0.25) is 4.98 Å². The van der Waals surface area contributed by atoms with Gasteiger partial charge in [0.05, 0.1) is 6.54 Å². The molecule has 118 valence electrons. The summed E-state index contributed by atoms with van der Waals surface area (Å²) in [6, 6.07) is 5.34. The van der Waals surface area contributed by atoms with Crippen LogP contribution in [-0.2, 0) is 4.74 Å². The van der Waals surface area contributed by atoms with Gasteiger partial charge < -0.3 is 19.3 Å². The first-order valence-electron chi connectivity index (χ1n) is 6.91. The molecule has 2 aromatic rings. The number of nitrogens with zero attached hydrogens (tertiary/aromatic N) is 2. The van der Waals surface area contributed by atoms with E-state index in [4.69, 9.17) is 14.0 Å². The molecule has 0 spiro atoms. The minimum Gasteiger partial charge on any atom is -0.474 e. The Morgan fingerprint density at radius 3 is 2.91 bits per heavy atom. The molecule has 2 rings (SSSR count). The van der Waals surface area contributed by atoms with Crippen molar-refractivity contribution in [1.82, 2.24) is 15.5 Å². The zero-order valence-corrected chi connectivity index (χ0v) is 12.8. The first-order chi connectivity index (χ1) is 10.4. The van der Waals surface area contributed by atoms with Gasteiger partial charge in [0, 0.05) is 24.0 Å². The Labute approximate surface area is 128 Å². The van der Waals surface area contributed by atoms with Crippen LogP contribution in [0.1, 0.15) is 20.8 Å². The summed E-state index contributed by atoms with van der Waals surface area (Å²) in [5.74, 6) is 0.924. The maximum Gasteiger partial charge on any atom is 0.407 e. The minimum atomic E-state index is -0.518. The van der Waals surface area contributed by atoms with Crippen molar-refractivity contribution in [3.8, 4) is 17.2 Å². The normalized spacial score (nSPS) is 11.0. The van der Waals surface area contributed by atoms with Gasteiger partial charge in [-0.05, 0) is 38.1 Å². The fourth-order valence-corrected chi connectivity index (χ4v) is 1.59. The summed E-state index contributed by atoms with van der Waals surface area (Å²) in [5, 5.41) is 6.39. The van der Waals surface area contributed by atoms with Gasteiger partial charge >= 0.3 is 6.09 Å². The Morgan fingerprint density at radius 2 is 2.23 bits per heavy atom. The van der Waals surface area contributed by atoms with Crippen molar-refractivity contribution in [3.05, 3.63) is 30.6 Å². The van der Waals surface area contributed by atoms with Crippen LogP contribution < -0.4 is 10.1 Å². The van der Waals surface area contributed by atoms with Crippen LogP contribution >= 0.6 is 0 Å². The van der Waals surface area contributed by atoms with E-state index in [9.17, 15) is 4.79 Å². The van der Waals surface area contributed by atoms with Crippen LogP contribution in [0.3, 0.4) is 0 Å². The van der Waals surface area contributed by atoms with Crippen LogP contribution in [0.4, 0.5) is 4.79 Å². The molecule has 0 aliphatic carbocycles. The van der Waals surface area contributed by atoms with Crippen molar-refractivity contribution in [3.63, 3.8) is 0 Å². The lowest BCUT2D eigenvalue weighted by molar-refractivity contribution is 0.0519. The molecule has 1 amide bonds. The van der Waals surface area contributed by atoms with Crippen molar-refractivity contribution in [2.75, 3.05) is 13.2 Å². The molecule has 0 bridgehead atoms. The molecule has 0 fully saturated rings. The van der Waals surface area contributed by atoms with Gasteiger partial charge in [-0.25, -0.2) is 4.79 Å². The third-order valence-corrected chi connectivity index (χ3v) is 2.45. The fraction of sp³-hybridized carbons (Fsp3) is 0.400. The molecule has 0 radical (unpaired) electrons. The average molecular weight is 305 g/mol. The van der Waals surface area contributed by atoms with Gasteiger partial charge in [0.2, 0.25) is 0 Å². The maximum absolute atomic E-state index is 11.4. The first-order valence-corrected chi connectivity index (χ1v) is 6.91. The highest BCUT2D eigenvalue weighted by molar-refractivity contribution is 5.67. The Kier molecular flexibility index (Phi) is 4.98. The largest absolute Gasteiger partial charge is 0.474 e. The standard InChI is InChI=1S/C15H19N3O4/c1-15(2,3)21-14(19)17-7-8-20-13-9-12(22-18-13)11-5-4-6-16-10-11/h4-6,9-10H,7-8H2,1-3H3,(H,17,19). The number of aromatic nitrogens is 2.